The summed E-state index contributed by atoms with van der Waals surface area (Å²) < 4.78 is 0. The van der Waals surface area contributed by atoms with Gasteiger partial charge in [0, 0.05) is 6.42 Å². The molecule has 2 nitrogen and oxygen atoms in total. The minimum atomic E-state index is 0.0860. The van der Waals surface area contributed by atoms with Crippen LogP contribution in [-0.4, -0.2) is 5.91 Å². The summed E-state index contributed by atoms with van der Waals surface area (Å²) in [4.78, 5) is 11.9. The minimum absolute atomic E-state index is 0.0860. The maximum atomic E-state index is 11.9. The van der Waals surface area contributed by atoms with Crippen molar-refractivity contribution in [1.29, 1.82) is 0 Å². The second-order valence-corrected chi connectivity index (χ2v) is 4.98. The number of benzene rings is 1. The van der Waals surface area contributed by atoms with Gasteiger partial charge in [-0.25, -0.2) is 0 Å². The number of amides is 1. The van der Waals surface area contributed by atoms with Crippen molar-refractivity contribution >= 4 is 5.91 Å². The maximum Gasteiger partial charge on any atom is 0.224 e. The van der Waals surface area contributed by atoms with Crippen LogP contribution in [0, 0.1) is 0 Å². The van der Waals surface area contributed by atoms with Crippen molar-refractivity contribution in [1.82, 2.24) is 5.32 Å². The van der Waals surface area contributed by atoms with Gasteiger partial charge < -0.3 is 5.32 Å². The van der Waals surface area contributed by atoms with Gasteiger partial charge in [-0.3, -0.25) is 4.79 Å². The monoisotopic (exact) mass is 243 g/mol. The Labute approximate surface area is 109 Å². The molecule has 0 fully saturated rings. The summed E-state index contributed by atoms with van der Waals surface area (Å²) in [5, 5.41) is 3.06. The largest absolute Gasteiger partial charge is 0.349 e. The first-order valence-corrected chi connectivity index (χ1v) is 6.78. The van der Waals surface area contributed by atoms with Gasteiger partial charge in [0.25, 0.3) is 0 Å². The first-order valence-electron chi connectivity index (χ1n) is 6.78. The van der Waals surface area contributed by atoms with Crippen molar-refractivity contribution in [3.8, 4) is 0 Å². The van der Waals surface area contributed by atoms with Crippen LogP contribution >= 0.6 is 0 Å². The van der Waals surface area contributed by atoms with Gasteiger partial charge in [-0.15, -0.1) is 0 Å². The fraction of sp³-hybridized carbons (Fsp3) is 0.438. The number of rotatable bonds is 4. The van der Waals surface area contributed by atoms with Crippen LogP contribution in [0.3, 0.4) is 0 Å². The zero-order valence-corrected chi connectivity index (χ0v) is 11.0. The molecule has 2 heteroatoms. The quantitative estimate of drug-likeness (QED) is 0.802. The van der Waals surface area contributed by atoms with Crippen LogP contribution in [-0.2, 0) is 4.79 Å². The third kappa shape index (κ3) is 3.73. The molecule has 1 atom stereocenters. The lowest BCUT2D eigenvalue weighted by atomic mass is 9.97. The van der Waals surface area contributed by atoms with E-state index in [1.165, 1.54) is 18.4 Å². The number of nitrogens with one attached hydrogen (secondary N) is 1. The smallest absolute Gasteiger partial charge is 0.224 e. The number of hydrogen-bond acceptors (Lipinski definition) is 1. The molecular formula is C16H21NO. The maximum absolute atomic E-state index is 11.9. The number of hydrogen-bond donors (Lipinski definition) is 1. The lowest BCUT2D eigenvalue weighted by molar-refractivity contribution is -0.121. The van der Waals surface area contributed by atoms with Crippen LogP contribution in [0.5, 0.6) is 0 Å². The summed E-state index contributed by atoms with van der Waals surface area (Å²) in [6.45, 7) is 2.03. The summed E-state index contributed by atoms with van der Waals surface area (Å²) in [5.74, 6) is 0.138. The van der Waals surface area contributed by atoms with Gasteiger partial charge in [0.2, 0.25) is 5.91 Å². The topological polar surface area (TPSA) is 29.1 Å². The van der Waals surface area contributed by atoms with Crippen LogP contribution in [0.4, 0.5) is 0 Å². The van der Waals surface area contributed by atoms with E-state index in [1.54, 1.807) is 0 Å². The highest BCUT2D eigenvalue weighted by Crippen LogP contribution is 2.20. The second kappa shape index (κ2) is 6.39. The van der Waals surface area contributed by atoms with Crippen molar-refractivity contribution < 1.29 is 4.79 Å². The molecule has 0 aromatic heterocycles. The molecule has 0 saturated carbocycles. The molecule has 1 aliphatic rings. The molecule has 0 bridgehead atoms. The average Bonchev–Trinajstić information content (AvgIpc) is 2.40. The lowest BCUT2D eigenvalue weighted by Crippen LogP contribution is -2.26. The van der Waals surface area contributed by atoms with E-state index in [0.717, 1.165) is 18.4 Å². The predicted octanol–water partition coefficient (Wildman–Crippen LogP) is 3.75. The zero-order chi connectivity index (χ0) is 12.8. The number of allylic oxidation sites excluding steroid dienone is 1. The molecule has 1 aromatic rings. The highest BCUT2D eigenvalue weighted by molar-refractivity contribution is 5.79. The molecule has 0 heterocycles. The van der Waals surface area contributed by atoms with Crippen LogP contribution in [0.15, 0.2) is 42.0 Å². The molecule has 0 unspecified atom stereocenters. The molecule has 1 N–H and O–H groups in total. The van der Waals surface area contributed by atoms with Gasteiger partial charge in [-0.2, -0.15) is 0 Å². The lowest BCUT2D eigenvalue weighted by Gasteiger charge is -2.16. The predicted molar refractivity (Wildman–Crippen MR) is 74.2 cm³/mol. The fourth-order valence-electron chi connectivity index (χ4n) is 2.39. The molecule has 1 aliphatic carbocycles. The van der Waals surface area contributed by atoms with E-state index in [2.05, 4.69) is 11.4 Å². The molecule has 0 saturated heterocycles. The standard InChI is InChI=1S/C16H21NO/c1-13(15-10-6-3-7-11-15)17-16(18)12-14-8-4-2-5-9-14/h3,6-8,10-11,13H,2,4-5,9,12H2,1H3,(H,17,18)/t13-/m1/s1. The number of carbonyl (C=O) groups is 1. The van der Waals surface area contributed by atoms with Gasteiger partial charge >= 0.3 is 0 Å². The van der Waals surface area contributed by atoms with Crippen molar-refractivity contribution in [3.05, 3.63) is 47.5 Å². The fourth-order valence-corrected chi connectivity index (χ4v) is 2.39. The summed E-state index contributed by atoms with van der Waals surface area (Å²) in [6.07, 6.45) is 7.52. The summed E-state index contributed by atoms with van der Waals surface area (Å²) in [7, 11) is 0. The third-order valence-electron chi connectivity index (χ3n) is 3.45. The van der Waals surface area contributed by atoms with Crippen molar-refractivity contribution in [2.24, 2.45) is 0 Å². The van der Waals surface area contributed by atoms with E-state index >= 15 is 0 Å². The molecule has 18 heavy (non-hydrogen) atoms. The highest BCUT2D eigenvalue weighted by atomic mass is 16.1. The Morgan fingerprint density at radius 1 is 1.28 bits per heavy atom. The Bertz CT molecular complexity index is 422. The molecule has 0 aliphatic heterocycles. The Kier molecular flexibility index (Phi) is 4.57. The average molecular weight is 243 g/mol. The van der Waals surface area contributed by atoms with Crippen molar-refractivity contribution in [3.63, 3.8) is 0 Å². The van der Waals surface area contributed by atoms with Gasteiger partial charge in [0.15, 0.2) is 0 Å². The number of carbonyl (C=O) groups excluding carboxylic acids is 1. The normalized spacial score (nSPS) is 16.8. The zero-order valence-electron chi connectivity index (χ0n) is 11.0. The Hall–Kier alpha value is -1.57. The molecule has 96 valence electrons. The van der Waals surface area contributed by atoms with Crippen LogP contribution in [0.2, 0.25) is 0 Å². The van der Waals surface area contributed by atoms with E-state index in [1.807, 2.05) is 37.3 Å². The molecule has 1 aromatic carbocycles. The molecule has 0 spiro atoms. The molecule has 2 rings (SSSR count). The van der Waals surface area contributed by atoms with E-state index < -0.39 is 0 Å². The van der Waals surface area contributed by atoms with Crippen LogP contribution in [0.25, 0.3) is 0 Å². The molecule has 1 amide bonds. The highest BCUT2D eigenvalue weighted by Gasteiger charge is 2.12. The van der Waals surface area contributed by atoms with Crippen molar-refractivity contribution in [2.45, 2.75) is 45.1 Å². The third-order valence-corrected chi connectivity index (χ3v) is 3.45. The summed E-state index contributed by atoms with van der Waals surface area (Å²) in [6, 6.07) is 10.2. The van der Waals surface area contributed by atoms with E-state index in [-0.39, 0.29) is 11.9 Å². The second-order valence-electron chi connectivity index (χ2n) is 4.98. The summed E-state index contributed by atoms with van der Waals surface area (Å²) >= 11 is 0. The van der Waals surface area contributed by atoms with Gasteiger partial charge in [0.1, 0.15) is 0 Å². The summed E-state index contributed by atoms with van der Waals surface area (Å²) in [5.41, 5.74) is 2.46. The van der Waals surface area contributed by atoms with Gasteiger partial charge in [-0.05, 0) is 38.2 Å². The van der Waals surface area contributed by atoms with Gasteiger partial charge in [-0.1, -0.05) is 42.0 Å². The van der Waals surface area contributed by atoms with Crippen LogP contribution < -0.4 is 5.32 Å². The van der Waals surface area contributed by atoms with E-state index in [0.29, 0.717) is 6.42 Å². The van der Waals surface area contributed by atoms with Gasteiger partial charge in [0.05, 0.1) is 6.04 Å². The first-order chi connectivity index (χ1) is 8.75. The van der Waals surface area contributed by atoms with E-state index in [9.17, 15) is 4.79 Å². The molecule has 0 radical (unpaired) electrons. The van der Waals surface area contributed by atoms with Crippen molar-refractivity contribution in [2.75, 3.05) is 0 Å². The Balaban J connectivity index is 1.85. The SMILES string of the molecule is C[C@@H](NC(=O)CC1=CCCCC1)c1ccccc1. The Morgan fingerprint density at radius 3 is 2.72 bits per heavy atom. The first kappa shape index (κ1) is 12.9. The Morgan fingerprint density at radius 2 is 2.06 bits per heavy atom. The molecular weight excluding hydrogens is 222 g/mol. The minimum Gasteiger partial charge on any atom is -0.349 e. The van der Waals surface area contributed by atoms with Crippen LogP contribution in [0.1, 0.15) is 50.6 Å². The van der Waals surface area contributed by atoms with E-state index in [4.69, 9.17) is 0 Å².